The van der Waals surface area contributed by atoms with Gasteiger partial charge in [0.2, 0.25) is 5.91 Å². The largest absolute Gasteiger partial charge is 0.376 e. The monoisotopic (exact) mass is 270 g/mol. The Bertz CT molecular complexity index is 434. The third-order valence-corrected chi connectivity index (χ3v) is 2.79. The molecule has 0 atom stereocenters. The van der Waals surface area contributed by atoms with Crippen molar-refractivity contribution < 1.29 is 4.79 Å². The van der Waals surface area contributed by atoms with Crippen LogP contribution in [0.5, 0.6) is 0 Å². The lowest BCUT2D eigenvalue weighted by molar-refractivity contribution is -0.115. The first-order chi connectivity index (χ1) is 7.99. The molecular weight excluding hydrogens is 256 g/mol. The maximum Gasteiger partial charge on any atom is 0.248 e. The van der Waals surface area contributed by atoms with E-state index in [2.05, 4.69) is 0 Å². The highest BCUT2D eigenvalue weighted by Gasteiger charge is 2.20. The molecule has 0 heterocycles. The third-order valence-electron chi connectivity index (χ3n) is 2.38. The van der Waals surface area contributed by atoms with E-state index in [-0.39, 0.29) is 22.8 Å². The lowest BCUT2D eigenvalue weighted by Crippen LogP contribution is -2.42. The Morgan fingerprint density at radius 3 is 2.53 bits per heavy atom. The predicted octanol–water partition coefficient (Wildman–Crippen LogP) is 2.63. The van der Waals surface area contributed by atoms with E-state index < -0.39 is 0 Å². The van der Waals surface area contributed by atoms with Crippen molar-refractivity contribution in [1.82, 2.24) is 0 Å². The average molecular weight is 271 g/mol. The summed E-state index contributed by atoms with van der Waals surface area (Å²) in [6, 6.07) is 7.53. The molecule has 0 aliphatic carbocycles. The van der Waals surface area contributed by atoms with Gasteiger partial charge in [-0.05, 0) is 29.8 Å². The van der Waals surface area contributed by atoms with Gasteiger partial charge in [-0.2, -0.15) is 0 Å². The van der Waals surface area contributed by atoms with Crippen molar-refractivity contribution in [3.63, 3.8) is 0 Å². The summed E-state index contributed by atoms with van der Waals surface area (Å²) >= 11 is 10.5. The van der Waals surface area contributed by atoms with Crippen LogP contribution in [0.2, 0.25) is 0 Å². The van der Waals surface area contributed by atoms with Gasteiger partial charge in [0, 0.05) is 0 Å². The number of hydrogen-bond donors (Lipinski definition) is 1. The Balaban J connectivity index is 3.28. The zero-order valence-corrected chi connectivity index (χ0v) is 11.4. The number of anilines is 1. The summed E-state index contributed by atoms with van der Waals surface area (Å²) in [6.45, 7) is 4.09. The van der Waals surface area contributed by atoms with E-state index in [9.17, 15) is 4.79 Å². The Hall–Kier alpha value is -1.13. The number of alkyl halides is 1. The van der Waals surface area contributed by atoms with Crippen LogP contribution >= 0.6 is 23.8 Å². The lowest BCUT2D eigenvalue weighted by atomic mass is 10.0. The molecule has 0 saturated carbocycles. The number of nitrogens with zero attached hydrogens (tertiary/aromatic N) is 1. The van der Waals surface area contributed by atoms with E-state index in [4.69, 9.17) is 29.6 Å². The molecule has 1 rings (SSSR count). The topological polar surface area (TPSA) is 46.3 Å². The minimum Gasteiger partial charge on any atom is -0.376 e. The highest BCUT2D eigenvalue weighted by atomic mass is 35.5. The third kappa shape index (κ3) is 3.17. The maximum absolute atomic E-state index is 11.8. The van der Waals surface area contributed by atoms with Crippen molar-refractivity contribution in [2.45, 2.75) is 19.8 Å². The molecule has 1 aromatic rings. The predicted molar refractivity (Wildman–Crippen MR) is 75.5 cm³/mol. The smallest absolute Gasteiger partial charge is 0.248 e. The summed E-state index contributed by atoms with van der Waals surface area (Å²) in [4.78, 5) is 13.0. The maximum atomic E-state index is 11.8. The van der Waals surface area contributed by atoms with E-state index in [1.54, 1.807) is 0 Å². The van der Waals surface area contributed by atoms with E-state index in [0.717, 1.165) is 5.56 Å². The number of rotatable bonds is 3. The first-order valence-corrected chi connectivity index (χ1v) is 6.20. The van der Waals surface area contributed by atoms with Gasteiger partial charge < -0.3 is 5.73 Å². The number of amides is 1. The SMILES string of the molecule is CC(C)c1ccccc1N(C(=O)CCl)C(N)=S. The summed E-state index contributed by atoms with van der Waals surface area (Å²) in [5, 5.41) is 0.0174. The van der Waals surface area contributed by atoms with Crippen molar-refractivity contribution in [3.8, 4) is 0 Å². The molecular formula is C12H15ClN2OS. The molecule has 0 radical (unpaired) electrons. The first kappa shape index (κ1) is 13.9. The Labute approximate surface area is 112 Å². The average Bonchev–Trinajstić information content (AvgIpc) is 2.29. The number of nitrogens with two attached hydrogens (primary N) is 1. The van der Waals surface area contributed by atoms with E-state index in [1.165, 1.54) is 4.90 Å². The van der Waals surface area contributed by atoms with Crippen LogP contribution in [0.1, 0.15) is 25.3 Å². The quantitative estimate of drug-likeness (QED) is 0.678. The van der Waals surface area contributed by atoms with Crippen molar-refractivity contribution in [3.05, 3.63) is 29.8 Å². The number of thiocarbonyl (C=S) groups is 1. The molecule has 1 aromatic carbocycles. The van der Waals surface area contributed by atoms with Crippen LogP contribution in [-0.4, -0.2) is 16.9 Å². The van der Waals surface area contributed by atoms with Crippen molar-refractivity contribution in [1.29, 1.82) is 0 Å². The van der Waals surface area contributed by atoms with Gasteiger partial charge in [-0.25, -0.2) is 0 Å². The molecule has 3 nitrogen and oxygen atoms in total. The highest BCUT2D eigenvalue weighted by Crippen LogP contribution is 2.27. The summed E-state index contributed by atoms with van der Waals surface area (Å²) < 4.78 is 0. The van der Waals surface area contributed by atoms with Gasteiger partial charge in [0.25, 0.3) is 0 Å². The van der Waals surface area contributed by atoms with Gasteiger partial charge in [0.15, 0.2) is 5.11 Å². The van der Waals surface area contributed by atoms with E-state index in [1.807, 2.05) is 38.1 Å². The number of halogens is 1. The van der Waals surface area contributed by atoms with Crippen LogP contribution in [-0.2, 0) is 4.79 Å². The summed E-state index contributed by atoms with van der Waals surface area (Å²) in [5.41, 5.74) is 7.31. The fraction of sp³-hybridized carbons (Fsp3) is 0.333. The Morgan fingerprint density at radius 1 is 1.47 bits per heavy atom. The molecule has 1 amide bonds. The lowest BCUT2D eigenvalue weighted by Gasteiger charge is -2.24. The molecule has 0 spiro atoms. The van der Waals surface area contributed by atoms with Crippen LogP contribution in [0.3, 0.4) is 0 Å². The highest BCUT2D eigenvalue weighted by molar-refractivity contribution is 7.80. The minimum absolute atomic E-state index is 0.0174. The van der Waals surface area contributed by atoms with Gasteiger partial charge >= 0.3 is 0 Å². The van der Waals surface area contributed by atoms with Crippen LogP contribution in [0.4, 0.5) is 5.69 Å². The summed E-state index contributed by atoms with van der Waals surface area (Å²) in [7, 11) is 0. The standard InChI is InChI=1S/C12H15ClN2OS/c1-8(2)9-5-3-4-6-10(9)15(12(14)17)11(16)7-13/h3-6,8H,7H2,1-2H3,(H2,14,17). The fourth-order valence-electron chi connectivity index (χ4n) is 1.62. The molecule has 0 unspecified atom stereocenters. The zero-order valence-electron chi connectivity index (χ0n) is 9.81. The number of carbonyl (C=O) groups excluding carboxylic acids is 1. The van der Waals surface area contributed by atoms with Gasteiger partial charge in [-0.3, -0.25) is 9.69 Å². The van der Waals surface area contributed by atoms with Crippen LogP contribution in [0.15, 0.2) is 24.3 Å². The number of hydrogen-bond acceptors (Lipinski definition) is 2. The summed E-state index contributed by atoms with van der Waals surface area (Å²) in [5.74, 6) is -0.192. The molecule has 2 N–H and O–H groups in total. The molecule has 92 valence electrons. The summed E-state index contributed by atoms with van der Waals surface area (Å²) in [6.07, 6.45) is 0. The van der Waals surface area contributed by atoms with Gasteiger partial charge in [0.1, 0.15) is 5.88 Å². The van der Waals surface area contributed by atoms with Gasteiger partial charge in [-0.1, -0.05) is 32.0 Å². The molecule has 0 fully saturated rings. The second-order valence-corrected chi connectivity index (χ2v) is 4.60. The van der Waals surface area contributed by atoms with Crippen LogP contribution in [0, 0.1) is 0 Å². The second-order valence-electron chi connectivity index (χ2n) is 3.91. The van der Waals surface area contributed by atoms with E-state index in [0.29, 0.717) is 5.69 Å². The Kier molecular flexibility index (Phi) is 4.90. The van der Waals surface area contributed by atoms with Crippen LogP contribution < -0.4 is 10.6 Å². The molecule has 17 heavy (non-hydrogen) atoms. The fourth-order valence-corrected chi connectivity index (χ4v) is 1.93. The molecule has 0 aliphatic heterocycles. The second kappa shape index (κ2) is 5.98. The zero-order chi connectivity index (χ0) is 13.0. The molecule has 0 aromatic heterocycles. The van der Waals surface area contributed by atoms with Crippen molar-refractivity contribution in [2.75, 3.05) is 10.8 Å². The minimum atomic E-state index is -0.313. The van der Waals surface area contributed by atoms with Gasteiger partial charge in [0.05, 0.1) is 5.69 Å². The molecule has 0 saturated heterocycles. The van der Waals surface area contributed by atoms with E-state index >= 15 is 0 Å². The molecule has 0 aliphatic rings. The Morgan fingerprint density at radius 2 is 2.06 bits per heavy atom. The van der Waals surface area contributed by atoms with Gasteiger partial charge in [-0.15, -0.1) is 11.6 Å². The normalized spacial score (nSPS) is 10.4. The molecule has 0 bridgehead atoms. The van der Waals surface area contributed by atoms with Crippen LogP contribution in [0.25, 0.3) is 0 Å². The number of para-hydroxylation sites is 1. The van der Waals surface area contributed by atoms with Crippen molar-refractivity contribution >= 4 is 40.5 Å². The first-order valence-electron chi connectivity index (χ1n) is 5.26. The number of carbonyl (C=O) groups is 1. The van der Waals surface area contributed by atoms with Crippen molar-refractivity contribution in [2.24, 2.45) is 5.73 Å². The number of benzene rings is 1. The molecule has 5 heteroatoms.